The first-order valence-electron chi connectivity index (χ1n) is 9.39. The summed E-state index contributed by atoms with van der Waals surface area (Å²) in [7, 11) is 0. The highest BCUT2D eigenvalue weighted by Crippen LogP contribution is 2.23. The van der Waals surface area contributed by atoms with Gasteiger partial charge < -0.3 is 20.5 Å². The number of rotatable bonds is 11. The van der Waals surface area contributed by atoms with Gasteiger partial charge in [0.1, 0.15) is 0 Å². The van der Waals surface area contributed by atoms with Crippen molar-refractivity contribution in [2.45, 2.75) is 58.5 Å². The average Bonchev–Trinajstić information content (AvgIpc) is 2.59. The zero-order chi connectivity index (χ0) is 18.0. The van der Waals surface area contributed by atoms with Crippen LogP contribution in [-0.4, -0.2) is 73.5 Å². The van der Waals surface area contributed by atoms with Crippen molar-refractivity contribution < 1.29 is 14.6 Å². The summed E-state index contributed by atoms with van der Waals surface area (Å²) < 4.78 is 5.27. The van der Waals surface area contributed by atoms with Crippen molar-refractivity contribution >= 4 is 5.91 Å². The number of aliphatic hydroxyl groups is 1. The van der Waals surface area contributed by atoms with Crippen molar-refractivity contribution in [1.29, 1.82) is 0 Å². The molecular weight excluding hydrogens is 306 g/mol. The number of ether oxygens (including phenoxy) is 1. The molecule has 1 fully saturated rings. The summed E-state index contributed by atoms with van der Waals surface area (Å²) in [5.74, 6) is 0.644. The average molecular weight is 344 g/mol. The molecule has 6 heteroatoms. The summed E-state index contributed by atoms with van der Waals surface area (Å²) in [5.41, 5.74) is -0.186. The standard InChI is InChI=1S/C18H37N3O3/c1-5-24-12-6-9-19-17(23)16(4)21-10-7-18(14-22,8-11-21)20-13-15(2)3/h15-16,20,22H,5-14H2,1-4H3,(H,19,23)/t16-/m0/s1. The zero-order valence-electron chi connectivity index (χ0n) is 15.9. The zero-order valence-corrected chi connectivity index (χ0v) is 15.9. The van der Waals surface area contributed by atoms with Crippen LogP contribution in [0.1, 0.15) is 47.0 Å². The smallest absolute Gasteiger partial charge is 0.237 e. The van der Waals surface area contributed by atoms with Gasteiger partial charge in [-0.15, -0.1) is 0 Å². The molecule has 1 amide bonds. The Morgan fingerprint density at radius 1 is 1.29 bits per heavy atom. The molecule has 3 N–H and O–H groups in total. The molecule has 6 nitrogen and oxygen atoms in total. The molecule has 1 rings (SSSR count). The molecule has 1 heterocycles. The lowest BCUT2D eigenvalue weighted by Crippen LogP contribution is -2.59. The minimum atomic E-state index is -0.186. The topological polar surface area (TPSA) is 73.8 Å². The van der Waals surface area contributed by atoms with E-state index in [4.69, 9.17) is 4.74 Å². The van der Waals surface area contributed by atoms with E-state index >= 15 is 0 Å². The highest BCUT2D eigenvalue weighted by molar-refractivity contribution is 5.81. The summed E-state index contributed by atoms with van der Waals surface area (Å²) in [6, 6.07) is -0.126. The van der Waals surface area contributed by atoms with E-state index in [2.05, 4.69) is 29.4 Å². The largest absolute Gasteiger partial charge is 0.394 e. The van der Waals surface area contributed by atoms with Crippen LogP contribution in [0.5, 0.6) is 0 Å². The molecule has 0 unspecified atom stereocenters. The molecule has 142 valence electrons. The number of nitrogens with zero attached hydrogens (tertiary/aromatic N) is 1. The van der Waals surface area contributed by atoms with E-state index in [0.29, 0.717) is 19.1 Å². The second-order valence-corrected chi connectivity index (χ2v) is 7.27. The van der Waals surface area contributed by atoms with Crippen LogP contribution in [0.4, 0.5) is 0 Å². The molecule has 0 radical (unpaired) electrons. The van der Waals surface area contributed by atoms with Gasteiger partial charge in [-0.3, -0.25) is 9.69 Å². The number of carbonyl (C=O) groups is 1. The van der Waals surface area contributed by atoms with Crippen molar-refractivity contribution in [3.63, 3.8) is 0 Å². The van der Waals surface area contributed by atoms with Gasteiger partial charge in [-0.1, -0.05) is 13.8 Å². The predicted molar refractivity (Wildman–Crippen MR) is 97.0 cm³/mol. The van der Waals surface area contributed by atoms with E-state index < -0.39 is 0 Å². The number of piperidine rings is 1. The highest BCUT2D eigenvalue weighted by Gasteiger charge is 2.36. The van der Waals surface area contributed by atoms with Crippen LogP contribution in [0, 0.1) is 5.92 Å². The van der Waals surface area contributed by atoms with Crippen molar-refractivity contribution in [3.8, 4) is 0 Å². The maximum atomic E-state index is 12.3. The van der Waals surface area contributed by atoms with Gasteiger partial charge in [0.2, 0.25) is 5.91 Å². The van der Waals surface area contributed by atoms with Crippen LogP contribution in [0.25, 0.3) is 0 Å². The molecule has 0 aliphatic carbocycles. The second kappa shape index (κ2) is 11.0. The van der Waals surface area contributed by atoms with Gasteiger partial charge in [-0.2, -0.15) is 0 Å². The van der Waals surface area contributed by atoms with Gasteiger partial charge >= 0.3 is 0 Å². The second-order valence-electron chi connectivity index (χ2n) is 7.27. The van der Waals surface area contributed by atoms with E-state index in [0.717, 1.165) is 45.5 Å². The molecule has 24 heavy (non-hydrogen) atoms. The van der Waals surface area contributed by atoms with Crippen LogP contribution in [0.2, 0.25) is 0 Å². The van der Waals surface area contributed by atoms with Crippen molar-refractivity contribution in [1.82, 2.24) is 15.5 Å². The number of hydrogen-bond donors (Lipinski definition) is 3. The lowest BCUT2D eigenvalue weighted by molar-refractivity contribution is -0.126. The Morgan fingerprint density at radius 2 is 1.96 bits per heavy atom. The minimum Gasteiger partial charge on any atom is -0.394 e. The fourth-order valence-corrected chi connectivity index (χ4v) is 2.99. The summed E-state index contributed by atoms with van der Waals surface area (Å²) in [5, 5.41) is 16.3. The van der Waals surface area contributed by atoms with E-state index in [9.17, 15) is 9.90 Å². The van der Waals surface area contributed by atoms with E-state index in [1.54, 1.807) is 0 Å². The lowest BCUT2D eigenvalue weighted by atomic mass is 9.87. The van der Waals surface area contributed by atoms with Crippen molar-refractivity contribution in [3.05, 3.63) is 0 Å². The lowest BCUT2D eigenvalue weighted by Gasteiger charge is -2.43. The molecule has 1 saturated heterocycles. The number of hydrogen-bond acceptors (Lipinski definition) is 5. The summed E-state index contributed by atoms with van der Waals surface area (Å²) in [4.78, 5) is 14.5. The van der Waals surface area contributed by atoms with Gasteiger partial charge in [-0.05, 0) is 45.6 Å². The normalized spacial score (nSPS) is 19.4. The Balaban J connectivity index is 2.35. The molecular formula is C18H37N3O3. The quantitative estimate of drug-likeness (QED) is 0.488. The number of amides is 1. The third-order valence-electron chi connectivity index (χ3n) is 4.84. The monoisotopic (exact) mass is 343 g/mol. The Labute approximate surface area is 147 Å². The van der Waals surface area contributed by atoms with Gasteiger partial charge in [0.25, 0.3) is 0 Å². The van der Waals surface area contributed by atoms with Crippen LogP contribution in [-0.2, 0) is 9.53 Å². The molecule has 0 bridgehead atoms. The molecule has 0 saturated carbocycles. The Kier molecular flexibility index (Phi) is 9.81. The Morgan fingerprint density at radius 3 is 2.50 bits per heavy atom. The van der Waals surface area contributed by atoms with E-state index in [-0.39, 0.29) is 24.1 Å². The third kappa shape index (κ3) is 7.05. The number of nitrogens with one attached hydrogen (secondary N) is 2. The predicted octanol–water partition coefficient (Wildman–Crippen LogP) is 0.990. The minimum absolute atomic E-state index is 0.0816. The van der Waals surface area contributed by atoms with Crippen LogP contribution in [0.15, 0.2) is 0 Å². The Bertz CT molecular complexity index is 355. The fourth-order valence-electron chi connectivity index (χ4n) is 2.99. The fraction of sp³-hybridized carbons (Fsp3) is 0.944. The first-order chi connectivity index (χ1) is 11.4. The number of likely N-dealkylation sites (tertiary alicyclic amines) is 1. The number of carbonyl (C=O) groups excluding carboxylic acids is 1. The van der Waals surface area contributed by atoms with Crippen molar-refractivity contribution in [2.24, 2.45) is 5.92 Å². The van der Waals surface area contributed by atoms with E-state index in [1.807, 2.05) is 13.8 Å². The Hall–Kier alpha value is -0.690. The SMILES string of the molecule is CCOCCCNC(=O)[C@H](C)N1CCC(CO)(NCC(C)C)CC1. The van der Waals surface area contributed by atoms with Crippen molar-refractivity contribution in [2.75, 3.05) is 46.0 Å². The molecule has 0 spiro atoms. The first kappa shape index (κ1) is 21.4. The van der Waals surface area contributed by atoms with Gasteiger partial charge in [0.05, 0.1) is 12.6 Å². The summed E-state index contributed by atoms with van der Waals surface area (Å²) in [6.45, 7) is 13.1. The van der Waals surface area contributed by atoms with Gasteiger partial charge in [0.15, 0.2) is 0 Å². The van der Waals surface area contributed by atoms with Gasteiger partial charge in [-0.25, -0.2) is 0 Å². The van der Waals surface area contributed by atoms with Crippen LogP contribution in [0.3, 0.4) is 0 Å². The first-order valence-corrected chi connectivity index (χ1v) is 9.39. The summed E-state index contributed by atoms with van der Waals surface area (Å²) >= 11 is 0. The highest BCUT2D eigenvalue weighted by atomic mass is 16.5. The molecule has 1 atom stereocenters. The maximum Gasteiger partial charge on any atom is 0.237 e. The van der Waals surface area contributed by atoms with Crippen LogP contribution >= 0.6 is 0 Å². The summed E-state index contributed by atoms with van der Waals surface area (Å²) in [6.07, 6.45) is 2.59. The molecule has 0 aromatic heterocycles. The number of aliphatic hydroxyl groups excluding tert-OH is 1. The molecule has 0 aromatic rings. The molecule has 0 aromatic carbocycles. The molecule has 1 aliphatic rings. The molecule has 1 aliphatic heterocycles. The van der Waals surface area contributed by atoms with E-state index in [1.165, 1.54) is 0 Å². The van der Waals surface area contributed by atoms with Gasteiger partial charge in [0, 0.05) is 38.4 Å². The third-order valence-corrected chi connectivity index (χ3v) is 4.84. The maximum absolute atomic E-state index is 12.3. The van der Waals surface area contributed by atoms with Crippen LogP contribution < -0.4 is 10.6 Å².